The van der Waals surface area contributed by atoms with Crippen LogP contribution < -0.4 is 5.32 Å². The average Bonchev–Trinajstić information content (AvgIpc) is 3.10. The lowest BCUT2D eigenvalue weighted by Gasteiger charge is -2.23. The van der Waals surface area contributed by atoms with Gasteiger partial charge in [-0.15, -0.1) is 0 Å². The van der Waals surface area contributed by atoms with Crippen LogP contribution >= 0.6 is 0 Å². The van der Waals surface area contributed by atoms with E-state index in [-0.39, 0.29) is 5.60 Å². The van der Waals surface area contributed by atoms with Crippen molar-refractivity contribution in [2.45, 2.75) is 31.9 Å². The van der Waals surface area contributed by atoms with Gasteiger partial charge in [-0.3, -0.25) is 10.1 Å². The molecule has 1 unspecified atom stereocenters. The minimum Gasteiger partial charge on any atom is -0.374 e. The monoisotopic (exact) mass is 272 g/mol. The Morgan fingerprint density at radius 1 is 1.45 bits per heavy atom. The smallest absolute Gasteiger partial charge is 0.0779 e. The van der Waals surface area contributed by atoms with E-state index in [2.05, 4.69) is 27.4 Å². The van der Waals surface area contributed by atoms with E-state index in [9.17, 15) is 0 Å². The maximum absolute atomic E-state index is 5.78. The molecular weight excluding hydrogens is 252 g/mol. The molecule has 0 bridgehead atoms. The molecule has 3 heterocycles. The molecule has 0 amide bonds. The molecular formula is C15H20N4O. The van der Waals surface area contributed by atoms with Gasteiger partial charge in [0.05, 0.1) is 17.5 Å². The predicted molar refractivity (Wildman–Crippen MR) is 77.1 cm³/mol. The average molecular weight is 272 g/mol. The standard InChI is InChI=1S/C15H20N4O/c1-15(5-3-7-20-15)11-17-9-13-10-18-19-14(13)12-4-2-6-16-8-12/h2,4,6,8,10,17H,3,5,7,9,11H2,1H3,(H,18,19). The molecule has 3 rings (SSSR count). The number of rotatable bonds is 5. The van der Waals surface area contributed by atoms with Gasteiger partial charge in [0.15, 0.2) is 0 Å². The third-order valence-electron chi connectivity index (χ3n) is 3.78. The number of nitrogens with zero attached hydrogens (tertiary/aromatic N) is 2. The zero-order valence-electron chi connectivity index (χ0n) is 11.7. The first-order valence-electron chi connectivity index (χ1n) is 7.04. The van der Waals surface area contributed by atoms with Crippen molar-refractivity contribution in [1.29, 1.82) is 0 Å². The van der Waals surface area contributed by atoms with Gasteiger partial charge in [0, 0.05) is 43.2 Å². The first kappa shape index (κ1) is 13.3. The van der Waals surface area contributed by atoms with Gasteiger partial charge in [0.25, 0.3) is 0 Å². The fraction of sp³-hybridized carbons (Fsp3) is 0.467. The van der Waals surface area contributed by atoms with Crippen LogP contribution in [0.1, 0.15) is 25.3 Å². The van der Waals surface area contributed by atoms with Crippen LogP contribution in [-0.2, 0) is 11.3 Å². The molecule has 0 spiro atoms. The van der Waals surface area contributed by atoms with Crippen LogP contribution in [0.25, 0.3) is 11.3 Å². The minimum absolute atomic E-state index is 0.0157. The lowest BCUT2D eigenvalue weighted by Crippen LogP contribution is -2.36. The number of hydrogen-bond acceptors (Lipinski definition) is 4. The van der Waals surface area contributed by atoms with E-state index in [0.29, 0.717) is 0 Å². The Balaban J connectivity index is 1.63. The molecule has 106 valence electrons. The third kappa shape index (κ3) is 2.89. The summed E-state index contributed by atoms with van der Waals surface area (Å²) in [6, 6.07) is 3.96. The van der Waals surface area contributed by atoms with E-state index in [0.717, 1.165) is 49.4 Å². The van der Waals surface area contributed by atoms with E-state index in [1.165, 1.54) is 0 Å². The van der Waals surface area contributed by atoms with Gasteiger partial charge in [0.2, 0.25) is 0 Å². The van der Waals surface area contributed by atoms with Gasteiger partial charge in [-0.25, -0.2) is 0 Å². The summed E-state index contributed by atoms with van der Waals surface area (Å²) >= 11 is 0. The zero-order valence-corrected chi connectivity index (χ0v) is 11.7. The lowest BCUT2D eigenvalue weighted by atomic mass is 10.0. The van der Waals surface area contributed by atoms with Gasteiger partial charge in [-0.1, -0.05) is 0 Å². The molecule has 1 fully saturated rings. The number of ether oxygens (including phenoxy) is 1. The van der Waals surface area contributed by atoms with Gasteiger partial charge in [0.1, 0.15) is 0 Å². The molecule has 5 nitrogen and oxygen atoms in total. The van der Waals surface area contributed by atoms with E-state index < -0.39 is 0 Å². The van der Waals surface area contributed by atoms with Crippen molar-refractivity contribution in [2.24, 2.45) is 0 Å². The Kier molecular flexibility index (Phi) is 3.80. The maximum atomic E-state index is 5.78. The highest BCUT2D eigenvalue weighted by Crippen LogP contribution is 2.24. The summed E-state index contributed by atoms with van der Waals surface area (Å²) in [4.78, 5) is 4.15. The third-order valence-corrected chi connectivity index (χ3v) is 3.78. The van der Waals surface area contributed by atoms with E-state index in [4.69, 9.17) is 4.74 Å². The molecule has 0 radical (unpaired) electrons. The molecule has 1 saturated heterocycles. The predicted octanol–water partition coefficient (Wildman–Crippen LogP) is 2.13. The van der Waals surface area contributed by atoms with E-state index >= 15 is 0 Å². The number of nitrogens with one attached hydrogen (secondary N) is 2. The van der Waals surface area contributed by atoms with Crippen LogP contribution in [-0.4, -0.2) is 33.9 Å². The van der Waals surface area contributed by atoms with Crippen molar-refractivity contribution in [3.8, 4) is 11.3 Å². The zero-order chi connectivity index (χ0) is 13.8. The molecule has 1 aliphatic heterocycles. The fourth-order valence-electron chi connectivity index (χ4n) is 2.64. The number of pyridine rings is 1. The van der Waals surface area contributed by atoms with Gasteiger partial charge in [-0.2, -0.15) is 5.10 Å². The van der Waals surface area contributed by atoms with Crippen LogP contribution in [0.15, 0.2) is 30.7 Å². The second-order valence-electron chi connectivity index (χ2n) is 5.52. The quantitative estimate of drug-likeness (QED) is 0.875. The Labute approximate surface area is 118 Å². The Morgan fingerprint density at radius 2 is 2.40 bits per heavy atom. The van der Waals surface area contributed by atoms with Crippen molar-refractivity contribution in [3.63, 3.8) is 0 Å². The van der Waals surface area contributed by atoms with Crippen LogP contribution in [0, 0.1) is 0 Å². The van der Waals surface area contributed by atoms with E-state index in [1.54, 1.807) is 6.20 Å². The molecule has 5 heteroatoms. The number of aromatic amines is 1. The fourth-order valence-corrected chi connectivity index (χ4v) is 2.64. The SMILES string of the molecule is CC1(CNCc2cn[nH]c2-c2cccnc2)CCCO1. The first-order chi connectivity index (χ1) is 9.77. The van der Waals surface area contributed by atoms with Crippen molar-refractivity contribution in [2.75, 3.05) is 13.2 Å². The summed E-state index contributed by atoms with van der Waals surface area (Å²) in [6.07, 6.45) is 7.77. The van der Waals surface area contributed by atoms with Crippen LogP contribution in [0.5, 0.6) is 0 Å². The highest BCUT2D eigenvalue weighted by molar-refractivity contribution is 5.61. The second kappa shape index (κ2) is 5.73. The number of hydrogen-bond donors (Lipinski definition) is 2. The summed E-state index contributed by atoms with van der Waals surface area (Å²) < 4.78 is 5.78. The highest BCUT2D eigenvalue weighted by atomic mass is 16.5. The van der Waals surface area contributed by atoms with Gasteiger partial charge >= 0.3 is 0 Å². The molecule has 2 aromatic rings. The Hall–Kier alpha value is -1.72. The van der Waals surface area contributed by atoms with Crippen molar-refractivity contribution < 1.29 is 4.74 Å². The largest absolute Gasteiger partial charge is 0.374 e. The summed E-state index contributed by atoms with van der Waals surface area (Å²) in [5, 5.41) is 10.7. The van der Waals surface area contributed by atoms with Crippen molar-refractivity contribution in [1.82, 2.24) is 20.5 Å². The molecule has 1 atom stereocenters. The molecule has 2 aromatic heterocycles. The minimum atomic E-state index is -0.0157. The van der Waals surface area contributed by atoms with Crippen molar-refractivity contribution in [3.05, 3.63) is 36.3 Å². The number of H-pyrrole nitrogens is 1. The highest BCUT2D eigenvalue weighted by Gasteiger charge is 2.29. The molecule has 0 aliphatic carbocycles. The normalized spacial score (nSPS) is 22.2. The topological polar surface area (TPSA) is 62.8 Å². The Bertz CT molecular complexity index is 546. The first-order valence-corrected chi connectivity index (χ1v) is 7.04. The molecule has 20 heavy (non-hydrogen) atoms. The summed E-state index contributed by atoms with van der Waals surface area (Å²) in [5.41, 5.74) is 3.23. The van der Waals surface area contributed by atoms with Crippen LogP contribution in [0.2, 0.25) is 0 Å². The Morgan fingerprint density at radius 3 is 3.15 bits per heavy atom. The van der Waals surface area contributed by atoms with Gasteiger partial charge < -0.3 is 10.1 Å². The van der Waals surface area contributed by atoms with Gasteiger partial charge in [-0.05, 0) is 31.9 Å². The molecule has 0 saturated carbocycles. The molecule has 1 aliphatic rings. The van der Waals surface area contributed by atoms with E-state index in [1.807, 2.05) is 24.5 Å². The molecule has 2 N–H and O–H groups in total. The van der Waals surface area contributed by atoms with Crippen LogP contribution in [0.3, 0.4) is 0 Å². The maximum Gasteiger partial charge on any atom is 0.0779 e. The lowest BCUT2D eigenvalue weighted by molar-refractivity contribution is 0.0207. The second-order valence-corrected chi connectivity index (χ2v) is 5.52. The summed E-state index contributed by atoms with van der Waals surface area (Å²) in [5.74, 6) is 0. The summed E-state index contributed by atoms with van der Waals surface area (Å²) in [7, 11) is 0. The summed E-state index contributed by atoms with van der Waals surface area (Å²) in [6.45, 7) is 4.69. The van der Waals surface area contributed by atoms with Crippen molar-refractivity contribution >= 4 is 0 Å². The molecule has 0 aromatic carbocycles. The van der Waals surface area contributed by atoms with Crippen LogP contribution in [0.4, 0.5) is 0 Å². The number of aromatic nitrogens is 3.